The van der Waals surface area contributed by atoms with Gasteiger partial charge in [-0.2, -0.15) is 0 Å². The molecule has 82 valence electrons. The van der Waals surface area contributed by atoms with Gasteiger partial charge in [-0.15, -0.1) is 0 Å². The van der Waals surface area contributed by atoms with Crippen molar-refractivity contribution in [2.75, 3.05) is 18.1 Å². The lowest BCUT2D eigenvalue weighted by molar-refractivity contribution is 0.0340. The van der Waals surface area contributed by atoms with E-state index in [0.717, 1.165) is 19.0 Å². The summed E-state index contributed by atoms with van der Waals surface area (Å²) >= 11 is 5.84. The first kappa shape index (κ1) is 10.6. The monoisotopic (exact) mass is 227 g/mol. The first-order valence-corrected chi connectivity index (χ1v) is 5.40. The second-order valence-electron chi connectivity index (χ2n) is 3.84. The van der Waals surface area contributed by atoms with Gasteiger partial charge in [0, 0.05) is 12.6 Å². The minimum Gasteiger partial charge on any atom is -0.375 e. The van der Waals surface area contributed by atoms with Gasteiger partial charge in [0.05, 0.1) is 18.8 Å². The molecule has 0 aromatic carbocycles. The maximum atomic E-state index is 5.84. The van der Waals surface area contributed by atoms with E-state index in [1.54, 1.807) is 6.07 Å². The van der Waals surface area contributed by atoms with Crippen LogP contribution in [0, 0.1) is 0 Å². The molecule has 0 bridgehead atoms. The van der Waals surface area contributed by atoms with Gasteiger partial charge in [0.25, 0.3) is 0 Å². The number of ether oxygens (including phenoxy) is 1. The minimum absolute atomic E-state index is 0.231. The molecule has 4 nitrogen and oxygen atoms in total. The van der Waals surface area contributed by atoms with Crippen molar-refractivity contribution >= 4 is 17.4 Å². The molecule has 0 radical (unpaired) electrons. The van der Waals surface area contributed by atoms with E-state index in [1.807, 2.05) is 0 Å². The van der Waals surface area contributed by atoms with Gasteiger partial charge in [-0.25, -0.2) is 9.97 Å². The van der Waals surface area contributed by atoms with Gasteiger partial charge in [-0.3, -0.25) is 0 Å². The Morgan fingerprint density at radius 3 is 3.00 bits per heavy atom. The summed E-state index contributed by atoms with van der Waals surface area (Å²) in [5.74, 6) is 0.873. The lowest BCUT2D eigenvalue weighted by Crippen LogP contribution is -2.47. The molecular formula is C10H14ClN3O. The van der Waals surface area contributed by atoms with Crippen molar-refractivity contribution in [1.82, 2.24) is 9.97 Å². The summed E-state index contributed by atoms with van der Waals surface area (Å²) in [6, 6.07) is 2.11. The molecule has 2 heterocycles. The predicted octanol–water partition coefficient (Wildman–Crippen LogP) is 1.74. The quantitative estimate of drug-likeness (QED) is 0.685. The largest absolute Gasteiger partial charge is 0.375 e. The Hall–Kier alpha value is -0.870. The number of anilines is 1. The maximum Gasteiger partial charge on any atom is 0.134 e. The summed E-state index contributed by atoms with van der Waals surface area (Å²) in [5, 5.41) is 0.478. The Labute approximate surface area is 94.2 Å². The SMILES string of the molecule is CC1CN(c2cc(Cl)ncn2)C(C)CO1. The third kappa shape index (κ3) is 2.38. The van der Waals surface area contributed by atoms with Crippen LogP contribution in [0.3, 0.4) is 0 Å². The van der Waals surface area contributed by atoms with E-state index in [0.29, 0.717) is 11.2 Å². The molecule has 15 heavy (non-hydrogen) atoms. The second-order valence-corrected chi connectivity index (χ2v) is 4.23. The maximum absolute atomic E-state index is 5.84. The molecule has 0 amide bonds. The van der Waals surface area contributed by atoms with E-state index < -0.39 is 0 Å². The summed E-state index contributed by atoms with van der Waals surface area (Å²) < 4.78 is 5.55. The predicted molar refractivity (Wildman–Crippen MR) is 59.3 cm³/mol. The zero-order chi connectivity index (χ0) is 10.8. The first-order chi connectivity index (χ1) is 7.16. The standard InChI is InChI=1S/C10H14ClN3O/c1-7-5-15-8(2)4-14(7)10-3-9(11)12-6-13-10/h3,6-8H,4-5H2,1-2H3. The highest BCUT2D eigenvalue weighted by Crippen LogP contribution is 2.20. The van der Waals surface area contributed by atoms with Crippen LogP contribution < -0.4 is 4.90 Å². The summed E-state index contributed by atoms with van der Waals surface area (Å²) in [6.45, 7) is 5.74. The van der Waals surface area contributed by atoms with Crippen molar-refractivity contribution in [3.05, 3.63) is 17.5 Å². The number of hydrogen-bond donors (Lipinski definition) is 0. The van der Waals surface area contributed by atoms with E-state index in [-0.39, 0.29) is 6.10 Å². The van der Waals surface area contributed by atoms with Crippen molar-refractivity contribution in [3.8, 4) is 0 Å². The van der Waals surface area contributed by atoms with Crippen molar-refractivity contribution in [2.24, 2.45) is 0 Å². The van der Waals surface area contributed by atoms with E-state index >= 15 is 0 Å². The van der Waals surface area contributed by atoms with Crippen LogP contribution >= 0.6 is 11.6 Å². The summed E-state index contributed by atoms with van der Waals surface area (Å²) in [6.07, 6.45) is 1.72. The molecule has 5 heteroatoms. The lowest BCUT2D eigenvalue weighted by Gasteiger charge is -2.37. The van der Waals surface area contributed by atoms with Gasteiger partial charge in [0.15, 0.2) is 0 Å². The van der Waals surface area contributed by atoms with Crippen LogP contribution in [0.5, 0.6) is 0 Å². The fraction of sp³-hybridized carbons (Fsp3) is 0.600. The van der Waals surface area contributed by atoms with Crippen LogP contribution in [0.1, 0.15) is 13.8 Å². The van der Waals surface area contributed by atoms with Crippen molar-refractivity contribution in [1.29, 1.82) is 0 Å². The molecule has 1 aromatic rings. The zero-order valence-corrected chi connectivity index (χ0v) is 9.61. The molecule has 1 aliphatic rings. The summed E-state index contributed by atoms with van der Waals surface area (Å²) in [4.78, 5) is 10.3. The number of aromatic nitrogens is 2. The smallest absolute Gasteiger partial charge is 0.134 e. The van der Waals surface area contributed by atoms with E-state index in [4.69, 9.17) is 16.3 Å². The topological polar surface area (TPSA) is 38.2 Å². The molecule has 1 aliphatic heterocycles. The molecule has 0 aliphatic carbocycles. The van der Waals surface area contributed by atoms with Gasteiger partial charge in [0.2, 0.25) is 0 Å². The fourth-order valence-electron chi connectivity index (χ4n) is 1.70. The number of halogens is 1. The van der Waals surface area contributed by atoms with E-state index in [1.165, 1.54) is 6.33 Å². The Morgan fingerprint density at radius 1 is 1.47 bits per heavy atom. The Kier molecular flexibility index (Phi) is 3.07. The number of hydrogen-bond acceptors (Lipinski definition) is 4. The summed E-state index contributed by atoms with van der Waals surface area (Å²) in [5.41, 5.74) is 0. The molecule has 2 atom stereocenters. The first-order valence-electron chi connectivity index (χ1n) is 5.02. The van der Waals surface area contributed by atoms with Crippen LogP contribution in [0.4, 0.5) is 5.82 Å². The van der Waals surface area contributed by atoms with Gasteiger partial charge < -0.3 is 9.64 Å². The van der Waals surface area contributed by atoms with Gasteiger partial charge in [-0.05, 0) is 13.8 Å². The van der Waals surface area contributed by atoms with Gasteiger partial charge in [-0.1, -0.05) is 11.6 Å². The van der Waals surface area contributed by atoms with E-state index in [2.05, 4.69) is 28.7 Å². The number of nitrogens with zero attached hydrogens (tertiary/aromatic N) is 3. The zero-order valence-electron chi connectivity index (χ0n) is 8.85. The Morgan fingerprint density at radius 2 is 2.27 bits per heavy atom. The van der Waals surface area contributed by atoms with E-state index in [9.17, 15) is 0 Å². The summed E-state index contributed by atoms with van der Waals surface area (Å²) in [7, 11) is 0. The molecule has 0 saturated carbocycles. The molecule has 2 rings (SSSR count). The lowest BCUT2D eigenvalue weighted by atomic mass is 10.2. The van der Waals surface area contributed by atoms with Crippen LogP contribution in [0.25, 0.3) is 0 Å². The van der Waals surface area contributed by atoms with Crippen molar-refractivity contribution in [3.63, 3.8) is 0 Å². The third-order valence-corrected chi connectivity index (χ3v) is 2.73. The van der Waals surface area contributed by atoms with Crippen LogP contribution in [-0.2, 0) is 4.74 Å². The van der Waals surface area contributed by atoms with Crippen LogP contribution in [0.15, 0.2) is 12.4 Å². The minimum atomic E-state index is 0.231. The van der Waals surface area contributed by atoms with Crippen molar-refractivity contribution in [2.45, 2.75) is 26.0 Å². The second kappa shape index (κ2) is 4.33. The Balaban J connectivity index is 2.21. The van der Waals surface area contributed by atoms with Gasteiger partial charge in [0.1, 0.15) is 17.3 Å². The van der Waals surface area contributed by atoms with Crippen LogP contribution in [0.2, 0.25) is 5.15 Å². The molecule has 0 spiro atoms. The Bertz CT molecular complexity index is 347. The third-order valence-electron chi connectivity index (χ3n) is 2.52. The highest BCUT2D eigenvalue weighted by molar-refractivity contribution is 6.29. The fourth-order valence-corrected chi connectivity index (χ4v) is 1.85. The number of rotatable bonds is 1. The molecule has 0 N–H and O–H groups in total. The molecule has 1 saturated heterocycles. The molecule has 1 aromatic heterocycles. The molecular weight excluding hydrogens is 214 g/mol. The normalized spacial score (nSPS) is 26.7. The highest BCUT2D eigenvalue weighted by Gasteiger charge is 2.24. The molecule has 1 fully saturated rings. The average Bonchev–Trinajstić information content (AvgIpc) is 2.22. The van der Waals surface area contributed by atoms with Gasteiger partial charge >= 0.3 is 0 Å². The molecule has 2 unspecified atom stereocenters. The van der Waals surface area contributed by atoms with Crippen molar-refractivity contribution < 1.29 is 4.74 Å². The highest BCUT2D eigenvalue weighted by atomic mass is 35.5. The van der Waals surface area contributed by atoms with Crippen LogP contribution in [-0.4, -0.2) is 35.3 Å². The average molecular weight is 228 g/mol. The number of morpholine rings is 1.